The van der Waals surface area contributed by atoms with E-state index >= 15 is 0 Å². The first-order chi connectivity index (χ1) is 14.0. The number of carbonyl (C=O) groups excluding carboxylic acids is 1. The molecule has 4 rings (SSSR count). The Morgan fingerprint density at radius 3 is 2.38 bits per heavy atom. The zero-order chi connectivity index (χ0) is 20.5. The maximum atomic E-state index is 13.3. The number of hydrogen-bond donors (Lipinski definition) is 1. The number of rotatable bonds is 4. The average molecular weight is 389 g/mol. The second kappa shape index (κ2) is 7.43. The molecule has 0 unspecified atom stereocenters. The van der Waals surface area contributed by atoms with Crippen LogP contribution in [0.2, 0.25) is 0 Å². The SMILES string of the molecule is CNC(=O)c1c(-c2ccc(F)cc2)oc2ccc(-c3ccc(OC)cc3C)cc12. The molecule has 0 aliphatic rings. The third-order valence-electron chi connectivity index (χ3n) is 4.99. The van der Waals surface area contributed by atoms with E-state index in [9.17, 15) is 9.18 Å². The maximum absolute atomic E-state index is 13.3. The molecule has 0 fully saturated rings. The fraction of sp³-hybridized carbons (Fsp3) is 0.125. The number of fused-ring (bicyclic) bond motifs is 1. The molecule has 0 spiro atoms. The average Bonchev–Trinajstić information content (AvgIpc) is 3.12. The molecule has 0 atom stereocenters. The normalized spacial score (nSPS) is 10.9. The number of halogens is 1. The third kappa shape index (κ3) is 3.36. The van der Waals surface area contributed by atoms with E-state index in [0.29, 0.717) is 27.9 Å². The fourth-order valence-electron chi connectivity index (χ4n) is 3.51. The summed E-state index contributed by atoms with van der Waals surface area (Å²) in [4.78, 5) is 12.7. The van der Waals surface area contributed by atoms with Gasteiger partial charge in [-0.2, -0.15) is 0 Å². The molecule has 0 saturated carbocycles. The molecule has 29 heavy (non-hydrogen) atoms. The molecule has 1 N–H and O–H groups in total. The summed E-state index contributed by atoms with van der Waals surface area (Å²) in [5.74, 6) is 0.610. The van der Waals surface area contributed by atoms with Crippen molar-refractivity contribution in [1.29, 1.82) is 0 Å². The lowest BCUT2D eigenvalue weighted by Crippen LogP contribution is -2.18. The van der Waals surface area contributed by atoms with Crippen LogP contribution >= 0.6 is 0 Å². The van der Waals surface area contributed by atoms with Gasteiger partial charge in [-0.3, -0.25) is 4.79 Å². The van der Waals surface area contributed by atoms with Crippen molar-refractivity contribution in [3.05, 3.63) is 77.6 Å². The van der Waals surface area contributed by atoms with Crippen LogP contribution in [0.15, 0.2) is 65.1 Å². The molecular formula is C24H20FNO3. The van der Waals surface area contributed by atoms with Gasteiger partial charge in [0.15, 0.2) is 0 Å². The predicted octanol–water partition coefficient (Wildman–Crippen LogP) is 5.58. The van der Waals surface area contributed by atoms with Gasteiger partial charge in [0.2, 0.25) is 0 Å². The van der Waals surface area contributed by atoms with Crippen molar-refractivity contribution in [3.8, 4) is 28.2 Å². The zero-order valence-electron chi connectivity index (χ0n) is 16.4. The molecule has 1 amide bonds. The predicted molar refractivity (Wildman–Crippen MR) is 112 cm³/mol. The van der Waals surface area contributed by atoms with Gasteiger partial charge in [-0.1, -0.05) is 12.1 Å². The Morgan fingerprint density at radius 2 is 1.72 bits per heavy atom. The Bertz CT molecular complexity index is 1210. The Kier molecular flexibility index (Phi) is 4.80. The van der Waals surface area contributed by atoms with E-state index in [0.717, 1.165) is 22.4 Å². The van der Waals surface area contributed by atoms with E-state index in [1.54, 1.807) is 26.3 Å². The van der Waals surface area contributed by atoms with Crippen molar-refractivity contribution in [2.75, 3.05) is 14.2 Å². The van der Waals surface area contributed by atoms with Crippen molar-refractivity contribution >= 4 is 16.9 Å². The van der Waals surface area contributed by atoms with E-state index in [4.69, 9.17) is 9.15 Å². The molecule has 5 heteroatoms. The first-order valence-corrected chi connectivity index (χ1v) is 9.21. The Morgan fingerprint density at radius 1 is 1.00 bits per heavy atom. The molecule has 1 aromatic heterocycles. The molecular weight excluding hydrogens is 369 g/mol. The summed E-state index contributed by atoms with van der Waals surface area (Å²) < 4.78 is 24.6. The summed E-state index contributed by atoms with van der Waals surface area (Å²) in [6, 6.07) is 17.5. The van der Waals surface area contributed by atoms with Crippen LogP contribution in [0.3, 0.4) is 0 Å². The number of carbonyl (C=O) groups is 1. The van der Waals surface area contributed by atoms with Crippen LogP contribution in [-0.2, 0) is 0 Å². The summed E-state index contributed by atoms with van der Waals surface area (Å²) in [6.45, 7) is 2.01. The van der Waals surface area contributed by atoms with Crippen molar-refractivity contribution in [3.63, 3.8) is 0 Å². The highest BCUT2D eigenvalue weighted by molar-refractivity contribution is 6.11. The van der Waals surface area contributed by atoms with Gasteiger partial charge in [0.25, 0.3) is 5.91 Å². The molecule has 0 aliphatic heterocycles. The lowest BCUT2D eigenvalue weighted by molar-refractivity contribution is 0.0964. The van der Waals surface area contributed by atoms with Gasteiger partial charge < -0.3 is 14.5 Å². The van der Waals surface area contributed by atoms with Gasteiger partial charge in [-0.05, 0) is 72.1 Å². The number of hydrogen-bond acceptors (Lipinski definition) is 3. The highest BCUT2D eigenvalue weighted by Crippen LogP contribution is 2.37. The van der Waals surface area contributed by atoms with Gasteiger partial charge >= 0.3 is 0 Å². The smallest absolute Gasteiger partial charge is 0.255 e. The van der Waals surface area contributed by atoms with E-state index in [1.807, 2.05) is 43.3 Å². The van der Waals surface area contributed by atoms with Gasteiger partial charge in [-0.25, -0.2) is 4.39 Å². The van der Waals surface area contributed by atoms with Crippen molar-refractivity contribution in [1.82, 2.24) is 5.32 Å². The zero-order valence-corrected chi connectivity index (χ0v) is 16.4. The van der Waals surface area contributed by atoms with E-state index in [-0.39, 0.29) is 11.7 Å². The number of furan rings is 1. The third-order valence-corrected chi connectivity index (χ3v) is 4.99. The van der Waals surface area contributed by atoms with E-state index in [1.165, 1.54) is 12.1 Å². The molecule has 0 aliphatic carbocycles. The summed E-state index contributed by atoms with van der Waals surface area (Å²) in [7, 11) is 3.21. The topological polar surface area (TPSA) is 51.5 Å². The largest absolute Gasteiger partial charge is 0.497 e. The van der Waals surface area contributed by atoms with Crippen molar-refractivity contribution in [2.45, 2.75) is 6.92 Å². The van der Waals surface area contributed by atoms with Crippen LogP contribution in [0.1, 0.15) is 15.9 Å². The van der Waals surface area contributed by atoms with Crippen molar-refractivity contribution < 1.29 is 18.3 Å². The monoisotopic (exact) mass is 389 g/mol. The fourth-order valence-corrected chi connectivity index (χ4v) is 3.51. The first kappa shape index (κ1) is 18.7. The van der Waals surface area contributed by atoms with Gasteiger partial charge in [-0.15, -0.1) is 0 Å². The summed E-state index contributed by atoms with van der Waals surface area (Å²) in [5.41, 5.74) is 4.74. The quantitative estimate of drug-likeness (QED) is 0.495. The molecule has 0 radical (unpaired) electrons. The van der Waals surface area contributed by atoms with Crippen LogP contribution in [0.5, 0.6) is 5.75 Å². The lowest BCUT2D eigenvalue weighted by atomic mass is 9.97. The molecule has 4 nitrogen and oxygen atoms in total. The highest BCUT2D eigenvalue weighted by atomic mass is 19.1. The molecule has 3 aromatic carbocycles. The molecule has 0 bridgehead atoms. The number of benzene rings is 3. The summed E-state index contributed by atoms with van der Waals surface area (Å²) in [5, 5.41) is 3.38. The van der Waals surface area contributed by atoms with Crippen LogP contribution in [0.25, 0.3) is 33.4 Å². The Hall–Kier alpha value is -3.60. The number of nitrogens with one attached hydrogen (secondary N) is 1. The van der Waals surface area contributed by atoms with E-state index < -0.39 is 0 Å². The number of aryl methyl sites for hydroxylation is 1. The minimum absolute atomic E-state index is 0.258. The molecule has 1 heterocycles. The number of methoxy groups -OCH3 is 1. The minimum Gasteiger partial charge on any atom is -0.497 e. The number of amides is 1. The standard InChI is InChI=1S/C24H20FNO3/c1-14-12-18(28-3)9-10-19(14)16-6-11-21-20(13-16)22(24(27)26-2)23(29-21)15-4-7-17(25)8-5-15/h4-13H,1-3H3,(H,26,27). The second-order valence-electron chi connectivity index (χ2n) is 6.78. The molecule has 146 valence electrons. The van der Waals surface area contributed by atoms with Crippen LogP contribution < -0.4 is 10.1 Å². The van der Waals surface area contributed by atoms with E-state index in [2.05, 4.69) is 5.32 Å². The van der Waals surface area contributed by atoms with Crippen LogP contribution in [0, 0.1) is 12.7 Å². The maximum Gasteiger partial charge on any atom is 0.255 e. The summed E-state index contributed by atoms with van der Waals surface area (Å²) in [6.07, 6.45) is 0. The van der Waals surface area contributed by atoms with Gasteiger partial charge in [0.05, 0.1) is 12.7 Å². The van der Waals surface area contributed by atoms with Gasteiger partial charge in [0.1, 0.15) is 22.9 Å². The number of ether oxygens (including phenoxy) is 1. The second-order valence-corrected chi connectivity index (χ2v) is 6.78. The van der Waals surface area contributed by atoms with Crippen molar-refractivity contribution in [2.24, 2.45) is 0 Å². The lowest BCUT2D eigenvalue weighted by Gasteiger charge is -2.09. The summed E-state index contributed by atoms with van der Waals surface area (Å²) >= 11 is 0. The Balaban J connectivity index is 1.92. The highest BCUT2D eigenvalue weighted by Gasteiger charge is 2.22. The van der Waals surface area contributed by atoms with Crippen LogP contribution in [-0.4, -0.2) is 20.1 Å². The van der Waals surface area contributed by atoms with Gasteiger partial charge in [0, 0.05) is 18.0 Å². The van der Waals surface area contributed by atoms with Crippen LogP contribution in [0.4, 0.5) is 4.39 Å². The minimum atomic E-state index is -0.344. The molecule has 4 aromatic rings. The first-order valence-electron chi connectivity index (χ1n) is 9.21. The Labute approximate surface area is 167 Å². The molecule has 0 saturated heterocycles.